The van der Waals surface area contributed by atoms with E-state index in [9.17, 15) is 10.1 Å². The van der Waals surface area contributed by atoms with Crippen LogP contribution in [0.15, 0.2) is 12.1 Å². The van der Waals surface area contributed by atoms with E-state index in [2.05, 4.69) is 4.90 Å². The molecule has 22 heavy (non-hydrogen) atoms. The smallest absolute Gasteiger partial charge is 0.314 e. The Labute approximate surface area is 128 Å². The van der Waals surface area contributed by atoms with E-state index in [-0.39, 0.29) is 11.4 Å². The Morgan fingerprint density at radius 1 is 1.18 bits per heavy atom. The first-order valence-corrected chi connectivity index (χ1v) is 6.99. The van der Waals surface area contributed by atoms with Crippen LogP contribution in [0.2, 0.25) is 0 Å². The average Bonchev–Trinajstić information content (AvgIpc) is 2.55. The lowest BCUT2D eigenvalue weighted by Gasteiger charge is -2.26. The van der Waals surface area contributed by atoms with E-state index < -0.39 is 4.92 Å². The first-order valence-electron chi connectivity index (χ1n) is 6.99. The molecule has 2 rings (SSSR count). The Morgan fingerprint density at radius 3 is 2.45 bits per heavy atom. The lowest BCUT2D eigenvalue weighted by molar-refractivity contribution is -0.385. The molecule has 122 valence electrons. The van der Waals surface area contributed by atoms with Crippen molar-refractivity contribution in [2.45, 2.75) is 0 Å². The van der Waals surface area contributed by atoms with Gasteiger partial charge in [0, 0.05) is 25.7 Å². The van der Waals surface area contributed by atoms with Crippen LogP contribution in [0.4, 0.5) is 5.69 Å². The SMILES string of the molecule is COc1cc(OC)c([N+](=O)[O-])cc1OCCN1CCOCC1. The van der Waals surface area contributed by atoms with Crippen molar-refractivity contribution in [2.75, 3.05) is 53.7 Å². The highest BCUT2D eigenvalue weighted by atomic mass is 16.6. The van der Waals surface area contributed by atoms with Gasteiger partial charge in [-0.3, -0.25) is 15.0 Å². The molecule has 1 aromatic rings. The average molecular weight is 312 g/mol. The van der Waals surface area contributed by atoms with Crippen molar-refractivity contribution < 1.29 is 23.9 Å². The molecule has 0 bridgehead atoms. The van der Waals surface area contributed by atoms with Gasteiger partial charge in [0.2, 0.25) is 5.75 Å². The van der Waals surface area contributed by atoms with Crippen LogP contribution < -0.4 is 14.2 Å². The molecule has 1 heterocycles. The second kappa shape index (κ2) is 7.81. The minimum atomic E-state index is -0.507. The predicted octanol–water partition coefficient (Wildman–Crippen LogP) is 1.32. The van der Waals surface area contributed by atoms with Gasteiger partial charge >= 0.3 is 5.69 Å². The molecule has 1 aliphatic heterocycles. The van der Waals surface area contributed by atoms with Crippen molar-refractivity contribution in [3.05, 3.63) is 22.2 Å². The van der Waals surface area contributed by atoms with Gasteiger partial charge in [-0.05, 0) is 0 Å². The zero-order valence-electron chi connectivity index (χ0n) is 12.7. The fraction of sp³-hybridized carbons (Fsp3) is 0.571. The summed E-state index contributed by atoms with van der Waals surface area (Å²) in [5.41, 5.74) is -0.148. The van der Waals surface area contributed by atoms with E-state index in [1.54, 1.807) is 0 Å². The third-order valence-corrected chi connectivity index (χ3v) is 3.43. The molecule has 8 heteroatoms. The number of nitro groups is 1. The van der Waals surface area contributed by atoms with Crippen LogP contribution in [-0.2, 0) is 4.74 Å². The minimum Gasteiger partial charge on any atom is -0.493 e. The van der Waals surface area contributed by atoms with Gasteiger partial charge in [-0.15, -0.1) is 0 Å². The zero-order chi connectivity index (χ0) is 15.9. The molecule has 0 unspecified atom stereocenters. The van der Waals surface area contributed by atoms with Gasteiger partial charge in [0.05, 0.1) is 38.4 Å². The van der Waals surface area contributed by atoms with Crippen LogP contribution in [0.3, 0.4) is 0 Å². The second-order valence-corrected chi connectivity index (χ2v) is 4.73. The first kappa shape index (κ1) is 16.3. The summed E-state index contributed by atoms with van der Waals surface area (Å²) in [6, 6.07) is 2.79. The zero-order valence-corrected chi connectivity index (χ0v) is 12.7. The Kier molecular flexibility index (Phi) is 5.79. The van der Waals surface area contributed by atoms with Crippen molar-refractivity contribution in [3.63, 3.8) is 0 Å². The highest BCUT2D eigenvalue weighted by molar-refractivity contribution is 5.58. The fourth-order valence-corrected chi connectivity index (χ4v) is 2.22. The maximum absolute atomic E-state index is 11.1. The number of nitro benzene ring substituents is 1. The van der Waals surface area contributed by atoms with Crippen LogP contribution in [0.25, 0.3) is 0 Å². The number of nitrogens with zero attached hydrogens (tertiary/aromatic N) is 2. The number of hydrogen-bond donors (Lipinski definition) is 0. The Morgan fingerprint density at radius 2 is 1.86 bits per heavy atom. The van der Waals surface area contributed by atoms with Gasteiger partial charge in [0.15, 0.2) is 11.5 Å². The highest BCUT2D eigenvalue weighted by Gasteiger charge is 2.20. The summed E-state index contributed by atoms with van der Waals surface area (Å²) in [6.07, 6.45) is 0. The van der Waals surface area contributed by atoms with E-state index >= 15 is 0 Å². The van der Waals surface area contributed by atoms with E-state index in [0.29, 0.717) is 18.1 Å². The van der Waals surface area contributed by atoms with Crippen molar-refractivity contribution in [3.8, 4) is 17.2 Å². The van der Waals surface area contributed by atoms with Crippen molar-refractivity contribution >= 4 is 5.69 Å². The molecule has 0 atom stereocenters. The second-order valence-electron chi connectivity index (χ2n) is 4.73. The number of ether oxygens (including phenoxy) is 4. The van der Waals surface area contributed by atoms with Gasteiger partial charge < -0.3 is 18.9 Å². The van der Waals surface area contributed by atoms with E-state index in [1.165, 1.54) is 26.4 Å². The fourth-order valence-electron chi connectivity index (χ4n) is 2.22. The molecule has 0 spiro atoms. The topological polar surface area (TPSA) is 83.3 Å². The number of rotatable bonds is 7. The maximum atomic E-state index is 11.1. The number of hydrogen-bond acceptors (Lipinski definition) is 7. The number of morpholine rings is 1. The molecule has 8 nitrogen and oxygen atoms in total. The van der Waals surface area contributed by atoms with Crippen molar-refractivity contribution in [1.29, 1.82) is 0 Å². The maximum Gasteiger partial charge on any atom is 0.314 e. The molecule has 0 radical (unpaired) electrons. The Balaban J connectivity index is 2.04. The quantitative estimate of drug-likeness (QED) is 0.554. The van der Waals surface area contributed by atoms with Crippen LogP contribution >= 0.6 is 0 Å². The number of benzene rings is 1. The van der Waals surface area contributed by atoms with E-state index in [1.807, 2.05) is 0 Å². The summed E-state index contributed by atoms with van der Waals surface area (Å²) in [4.78, 5) is 12.8. The summed E-state index contributed by atoms with van der Waals surface area (Å²) in [7, 11) is 2.86. The molecule has 0 N–H and O–H groups in total. The molecular weight excluding hydrogens is 292 g/mol. The molecule has 1 fully saturated rings. The standard InChI is InChI=1S/C14H20N2O6/c1-19-12-10-13(20-2)14(9-11(12)16(17)18)22-8-5-15-3-6-21-7-4-15/h9-10H,3-8H2,1-2H3. The third kappa shape index (κ3) is 3.99. The van der Waals surface area contributed by atoms with Crippen LogP contribution in [0.1, 0.15) is 0 Å². The summed E-state index contributed by atoms with van der Waals surface area (Å²) < 4.78 is 21.1. The summed E-state index contributed by atoms with van der Waals surface area (Å²) in [5, 5.41) is 11.1. The van der Waals surface area contributed by atoms with Gasteiger partial charge in [-0.1, -0.05) is 0 Å². The monoisotopic (exact) mass is 312 g/mol. The molecule has 0 aromatic heterocycles. The molecule has 0 amide bonds. The number of methoxy groups -OCH3 is 2. The molecule has 1 aromatic carbocycles. The predicted molar refractivity (Wildman–Crippen MR) is 79.0 cm³/mol. The normalized spacial score (nSPS) is 15.4. The van der Waals surface area contributed by atoms with Crippen molar-refractivity contribution in [1.82, 2.24) is 4.90 Å². The molecule has 0 aliphatic carbocycles. The van der Waals surface area contributed by atoms with E-state index in [4.69, 9.17) is 18.9 Å². The first-order chi connectivity index (χ1) is 10.7. The molecule has 0 saturated carbocycles. The van der Waals surface area contributed by atoms with Gasteiger partial charge in [-0.25, -0.2) is 0 Å². The largest absolute Gasteiger partial charge is 0.493 e. The van der Waals surface area contributed by atoms with Gasteiger partial charge in [0.1, 0.15) is 6.61 Å². The van der Waals surface area contributed by atoms with E-state index in [0.717, 1.165) is 32.8 Å². The van der Waals surface area contributed by atoms with Gasteiger partial charge in [-0.2, -0.15) is 0 Å². The molecular formula is C14H20N2O6. The minimum absolute atomic E-state index is 0.141. The van der Waals surface area contributed by atoms with Crippen LogP contribution in [0, 0.1) is 10.1 Å². The summed E-state index contributed by atoms with van der Waals surface area (Å²) >= 11 is 0. The highest BCUT2D eigenvalue weighted by Crippen LogP contribution is 2.39. The van der Waals surface area contributed by atoms with Gasteiger partial charge in [0.25, 0.3) is 0 Å². The van der Waals surface area contributed by atoms with Crippen LogP contribution in [-0.4, -0.2) is 63.5 Å². The Hall–Kier alpha value is -2.06. The summed E-state index contributed by atoms with van der Waals surface area (Å²) in [6.45, 7) is 4.31. The van der Waals surface area contributed by atoms with Crippen LogP contribution in [0.5, 0.6) is 17.2 Å². The summed E-state index contributed by atoms with van der Waals surface area (Å²) in [5.74, 6) is 0.884. The molecule has 1 saturated heterocycles. The molecule has 1 aliphatic rings. The Bertz CT molecular complexity index is 516. The lowest BCUT2D eigenvalue weighted by atomic mass is 10.2. The third-order valence-electron chi connectivity index (χ3n) is 3.43. The lowest BCUT2D eigenvalue weighted by Crippen LogP contribution is -2.38. The van der Waals surface area contributed by atoms with Crippen molar-refractivity contribution in [2.24, 2.45) is 0 Å².